The van der Waals surface area contributed by atoms with E-state index in [1.165, 1.54) is 0 Å². The van der Waals surface area contributed by atoms with Crippen molar-refractivity contribution in [1.82, 2.24) is 0 Å². The van der Waals surface area contributed by atoms with Gasteiger partial charge in [0.25, 0.3) is 0 Å². The molecule has 0 radical (unpaired) electrons. The summed E-state index contributed by atoms with van der Waals surface area (Å²) in [5, 5.41) is 17.5. The molecule has 0 aromatic carbocycles. The van der Waals surface area contributed by atoms with E-state index in [4.69, 9.17) is 19.7 Å². The van der Waals surface area contributed by atoms with Crippen LogP contribution in [0.1, 0.15) is 33.1 Å². The number of ether oxygens (including phenoxy) is 2. The third-order valence-electron chi connectivity index (χ3n) is 2.88. The predicted octanol–water partition coefficient (Wildman–Crippen LogP) is 0.867. The summed E-state index contributed by atoms with van der Waals surface area (Å²) in [7, 11) is 0. The van der Waals surface area contributed by atoms with Gasteiger partial charge in [-0.05, 0) is 19.3 Å². The normalized spacial score (nSPS) is 22.9. The summed E-state index contributed by atoms with van der Waals surface area (Å²) >= 11 is 0. The van der Waals surface area contributed by atoms with Gasteiger partial charge in [-0.2, -0.15) is 0 Å². The Balaban J connectivity index is 2.43. The first-order chi connectivity index (χ1) is 6.60. The van der Waals surface area contributed by atoms with Gasteiger partial charge in [-0.1, -0.05) is 13.8 Å². The number of aliphatic hydroxyl groups is 2. The van der Waals surface area contributed by atoms with Gasteiger partial charge in [-0.25, -0.2) is 0 Å². The molecular formula is C10H20O4. The summed E-state index contributed by atoms with van der Waals surface area (Å²) in [6, 6.07) is 0. The van der Waals surface area contributed by atoms with Crippen molar-refractivity contribution in [3.8, 4) is 0 Å². The van der Waals surface area contributed by atoms with E-state index in [0.717, 1.165) is 6.42 Å². The molecule has 0 bridgehead atoms. The van der Waals surface area contributed by atoms with Gasteiger partial charge in [-0.3, -0.25) is 0 Å². The van der Waals surface area contributed by atoms with Crippen LogP contribution in [0.25, 0.3) is 0 Å². The summed E-state index contributed by atoms with van der Waals surface area (Å²) in [4.78, 5) is 0. The van der Waals surface area contributed by atoms with Crippen LogP contribution in [0.15, 0.2) is 0 Å². The number of hydrogen-bond acceptors (Lipinski definition) is 4. The highest BCUT2D eigenvalue weighted by Gasteiger charge is 2.39. The summed E-state index contributed by atoms with van der Waals surface area (Å²) in [6.07, 6.45) is 0.643. The SMILES string of the molecule is CCC1(C(C)CCC(O)O)OCCO1. The molecule has 4 nitrogen and oxygen atoms in total. The molecule has 1 aliphatic heterocycles. The highest BCUT2D eigenvalue weighted by atomic mass is 16.7. The Kier molecular flexibility index (Phi) is 4.31. The smallest absolute Gasteiger partial charge is 0.170 e. The molecule has 0 saturated carbocycles. The fourth-order valence-corrected chi connectivity index (χ4v) is 1.93. The molecule has 0 aromatic rings. The van der Waals surface area contributed by atoms with Crippen LogP contribution < -0.4 is 0 Å². The van der Waals surface area contributed by atoms with Crippen molar-refractivity contribution in [1.29, 1.82) is 0 Å². The molecule has 1 atom stereocenters. The molecule has 1 rings (SSSR count). The average Bonchev–Trinajstić information content (AvgIpc) is 2.63. The maximum atomic E-state index is 8.77. The van der Waals surface area contributed by atoms with Crippen LogP contribution in [0, 0.1) is 5.92 Å². The van der Waals surface area contributed by atoms with Crippen molar-refractivity contribution in [2.24, 2.45) is 5.92 Å². The van der Waals surface area contributed by atoms with Gasteiger partial charge in [0, 0.05) is 5.92 Å². The van der Waals surface area contributed by atoms with Gasteiger partial charge < -0.3 is 19.7 Å². The minimum absolute atomic E-state index is 0.191. The van der Waals surface area contributed by atoms with Gasteiger partial charge >= 0.3 is 0 Å². The van der Waals surface area contributed by atoms with Crippen LogP contribution in [0.2, 0.25) is 0 Å². The summed E-state index contributed by atoms with van der Waals surface area (Å²) in [5.41, 5.74) is 0. The molecule has 1 aliphatic rings. The Hall–Kier alpha value is -0.160. The third kappa shape index (κ3) is 2.67. The van der Waals surface area contributed by atoms with E-state index in [2.05, 4.69) is 0 Å². The van der Waals surface area contributed by atoms with Gasteiger partial charge in [0.2, 0.25) is 0 Å². The minimum atomic E-state index is -1.23. The molecule has 84 valence electrons. The van der Waals surface area contributed by atoms with E-state index in [9.17, 15) is 0 Å². The van der Waals surface area contributed by atoms with Crippen molar-refractivity contribution in [3.05, 3.63) is 0 Å². The number of rotatable bonds is 5. The lowest BCUT2D eigenvalue weighted by molar-refractivity contribution is -0.197. The zero-order valence-electron chi connectivity index (χ0n) is 8.90. The van der Waals surface area contributed by atoms with E-state index < -0.39 is 12.1 Å². The van der Waals surface area contributed by atoms with Crippen LogP contribution >= 0.6 is 0 Å². The Bertz CT molecular complexity index is 164. The molecule has 0 aromatic heterocycles. The van der Waals surface area contributed by atoms with Crippen LogP contribution in [0.5, 0.6) is 0 Å². The van der Waals surface area contributed by atoms with Crippen molar-refractivity contribution < 1.29 is 19.7 Å². The van der Waals surface area contributed by atoms with Gasteiger partial charge in [0.1, 0.15) is 0 Å². The molecule has 1 saturated heterocycles. The molecule has 4 heteroatoms. The Labute approximate surface area is 84.8 Å². The van der Waals surface area contributed by atoms with E-state index in [0.29, 0.717) is 26.1 Å². The molecule has 0 spiro atoms. The fourth-order valence-electron chi connectivity index (χ4n) is 1.93. The first-order valence-corrected chi connectivity index (χ1v) is 5.25. The molecule has 1 unspecified atom stereocenters. The van der Waals surface area contributed by atoms with Crippen LogP contribution in [0.4, 0.5) is 0 Å². The van der Waals surface area contributed by atoms with Crippen molar-refractivity contribution >= 4 is 0 Å². The lowest BCUT2D eigenvalue weighted by Crippen LogP contribution is -2.37. The Morgan fingerprint density at radius 1 is 1.21 bits per heavy atom. The molecular weight excluding hydrogens is 184 g/mol. The number of aliphatic hydroxyl groups excluding tert-OH is 1. The first-order valence-electron chi connectivity index (χ1n) is 5.25. The minimum Gasteiger partial charge on any atom is -0.368 e. The third-order valence-corrected chi connectivity index (χ3v) is 2.88. The van der Waals surface area contributed by atoms with Crippen molar-refractivity contribution in [2.45, 2.75) is 45.2 Å². The lowest BCUT2D eigenvalue weighted by Gasteiger charge is -2.32. The molecule has 0 amide bonds. The summed E-state index contributed by atoms with van der Waals surface area (Å²) < 4.78 is 11.2. The molecule has 1 fully saturated rings. The highest BCUT2D eigenvalue weighted by molar-refractivity contribution is 4.79. The van der Waals surface area contributed by atoms with Crippen LogP contribution in [-0.2, 0) is 9.47 Å². The van der Waals surface area contributed by atoms with Gasteiger partial charge in [0.15, 0.2) is 12.1 Å². The van der Waals surface area contributed by atoms with Gasteiger partial charge in [0.05, 0.1) is 13.2 Å². The largest absolute Gasteiger partial charge is 0.368 e. The number of hydrogen-bond donors (Lipinski definition) is 2. The second-order valence-corrected chi connectivity index (χ2v) is 3.82. The van der Waals surface area contributed by atoms with E-state index in [1.54, 1.807) is 0 Å². The molecule has 0 aliphatic carbocycles. The first kappa shape index (κ1) is 11.9. The highest BCUT2D eigenvalue weighted by Crippen LogP contribution is 2.34. The second kappa shape index (κ2) is 5.07. The predicted molar refractivity (Wildman–Crippen MR) is 51.5 cm³/mol. The monoisotopic (exact) mass is 204 g/mol. The average molecular weight is 204 g/mol. The van der Waals surface area contributed by atoms with Gasteiger partial charge in [-0.15, -0.1) is 0 Å². The maximum Gasteiger partial charge on any atom is 0.170 e. The van der Waals surface area contributed by atoms with Crippen LogP contribution in [0.3, 0.4) is 0 Å². The molecule has 1 heterocycles. The zero-order valence-corrected chi connectivity index (χ0v) is 8.90. The van der Waals surface area contributed by atoms with Crippen LogP contribution in [-0.4, -0.2) is 35.5 Å². The van der Waals surface area contributed by atoms with Crippen molar-refractivity contribution in [2.75, 3.05) is 13.2 Å². The maximum absolute atomic E-state index is 8.77. The Morgan fingerprint density at radius 3 is 2.21 bits per heavy atom. The quantitative estimate of drug-likeness (QED) is 0.652. The molecule has 14 heavy (non-hydrogen) atoms. The van der Waals surface area contributed by atoms with E-state index in [1.807, 2.05) is 13.8 Å². The summed E-state index contributed by atoms with van der Waals surface area (Å²) in [6.45, 7) is 5.33. The summed E-state index contributed by atoms with van der Waals surface area (Å²) in [5.74, 6) is -0.300. The topological polar surface area (TPSA) is 58.9 Å². The second-order valence-electron chi connectivity index (χ2n) is 3.82. The standard InChI is InChI=1S/C10H20O4/c1-3-10(13-6-7-14-10)8(2)4-5-9(11)12/h8-9,11-12H,3-7H2,1-2H3. The fraction of sp³-hybridized carbons (Fsp3) is 1.00. The van der Waals surface area contributed by atoms with E-state index in [-0.39, 0.29) is 5.92 Å². The molecule has 2 N–H and O–H groups in total. The zero-order chi connectivity index (χ0) is 10.6. The Morgan fingerprint density at radius 2 is 1.79 bits per heavy atom. The lowest BCUT2D eigenvalue weighted by atomic mass is 9.93. The van der Waals surface area contributed by atoms with E-state index >= 15 is 0 Å². The van der Waals surface area contributed by atoms with Crippen molar-refractivity contribution in [3.63, 3.8) is 0 Å².